The van der Waals surface area contributed by atoms with Gasteiger partial charge in [0.25, 0.3) is 11.8 Å². The number of hydrogen-bond acceptors (Lipinski definition) is 6. The van der Waals surface area contributed by atoms with Crippen LogP contribution >= 0.6 is 0 Å². The topological polar surface area (TPSA) is 114 Å². The lowest BCUT2D eigenvalue weighted by Crippen LogP contribution is -2.32. The van der Waals surface area contributed by atoms with E-state index in [4.69, 9.17) is 0 Å². The van der Waals surface area contributed by atoms with Gasteiger partial charge in [0.2, 0.25) is 0 Å². The molecule has 0 saturated carbocycles. The molecule has 0 atom stereocenters. The molecule has 174 valence electrons. The van der Waals surface area contributed by atoms with Gasteiger partial charge in [0.15, 0.2) is 0 Å². The molecule has 2 amide bonds. The molecule has 3 aromatic carbocycles. The summed E-state index contributed by atoms with van der Waals surface area (Å²) in [5.41, 5.74) is 4.04. The average Bonchev–Trinajstić information content (AvgIpc) is 2.80. The molecule has 0 aliphatic carbocycles. The van der Waals surface area contributed by atoms with E-state index in [1.165, 1.54) is 42.6 Å². The number of nitrogens with one attached hydrogen (secondary N) is 2. The van der Waals surface area contributed by atoms with E-state index in [1.807, 2.05) is 31.1 Å². The highest BCUT2D eigenvalue weighted by Crippen LogP contribution is 2.20. The van der Waals surface area contributed by atoms with Gasteiger partial charge in [-0.1, -0.05) is 18.2 Å². The zero-order valence-corrected chi connectivity index (χ0v) is 18.5. The van der Waals surface area contributed by atoms with Crippen LogP contribution in [0.3, 0.4) is 0 Å². The number of phenols is 2. The second-order valence-corrected chi connectivity index (χ2v) is 7.45. The number of benzene rings is 3. The standard InChI is InChI=1S/C25H23FN4O4/c1-30(2)20-9-6-16(7-10-20)12-22(28-24(33)17-4-3-5-19(26)13-17)25(34)29-27-15-18-8-11-21(31)14-23(18)32/h3-15,31-32H,1-2H3,(H,28,33)(H,29,34)/b22-12-,27-15-. The summed E-state index contributed by atoms with van der Waals surface area (Å²) in [5, 5.41) is 25.5. The zero-order chi connectivity index (χ0) is 24.7. The third-order valence-corrected chi connectivity index (χ3v) is 4.68. The van der Waals surface area contributed by atoms with Crippen LogP contribution in [0, 0.1) is 5.82 Å². The highest BCUT2D eigenvalue weighted by atomic mass is 19.1. The first-order chi connectivity index (χ1) is 16.2. The maximum absolute atomic E-state index is 13.5. The summed E-state index contributed by atoms with van der Waals surface area (Å²) in [6.45, 7) is 0. The Morgan fingerprint density at radius 1 is 1.00 bits per heavy atom. The van der Waals surface area contributed by atoms with Gasteiger partial charge in [-0.2, -0.15) is 5.10 Å². The summed E-state index contributed by atoms with van der Waals surface area (Å²) in [6.07, 6.45) is 2.64. The van der Waals surface area contributed by atoms with Crippen molar-refractivity contribution < 1.29 is 24.2 Å². The van der Waals surface area contributed by atoms with Crippen molar-refractivity contribution in [3.63, 3.8) is 0 Å². The first kappa shape index (κ1) is 24.0. The fourth-order valence-corrected chi connectivity index (χ4v) is 2.88. The van der Waals surface area contributed by atoms with Crippen molar-refractivity contribution in [1.82, 2.24) is 10.7 Å². The number of hydrogen-bond donors (Lipinski definition) is 4. The highest BCUT2D eigenvalue weighted by Gasteiger charge is 2.15. The molecule has 34 heavy (non-hydrogen) atoms. The number of anilines is 1. The lowest BCUT2D eigenvalue weighted by Gasteiger charge is -2.12. The quantitative estimate of drug-likeness (QED) is 0.245. The first-order valence-electron chi connectivity index (χ1n) is 10.1. The average molecular weight is 462 g/mol. The van der Waals surface area contributed by atoms with Gasteiger partial charge in [0, 0.05) is 37.0 Å². The normalized spacial score (nSPS) is 11.3. The van der Waals surface area contributed by atoms with Crippen molar-refractivity contribution in [2.45, 2.75) is 0 Å². The van der Waals surface area contributed by atoms with Gasteiger partial charge in [-0.25, -0.2) is 9.82 Å². The number of aromatic hydroxyl groups is 2. The summed E-state index contributed by atoms with van der Waals surface area (Å²) in [5.74, 6) is -2.35. The predicted octanol–water partition coefficient (Wildman–Crippen LogP) is 3.22. The smallest absolute Gasteiger partial charge is 0.287 e. The summed E-state index contributed by atoms with van der Waals surface area (Å²) in [6, 6.07) is 16.2. The Morgan fingerprint density at radius 2 is 1.74 bits per heavy atom. The van der Waals surface area contributed by atoms with E-state index in [-0.39, 0.29) is 28.3 Å². The second kappa shape index (κ2) is 10.8. The summed E-state index contributed by atoms with van der Waals surface area (Å²) < 4.78 is 13.5. The van der Waals surface area contributed by atoms with E-state index in [0.717, 1.165) is 17.8 Å². The molecule has 0 aromatic heterocycles. The fourth-order valence-electron chi connectivity index (χ4n) is 2.88. The van der Waals surface area contributed by atoms with Crippen molar-refractivity contribution in [3.05, 3.63) is 94.9 Å². The van der Waals surface area contributed by atoms with Gasteiger partial charge < -0.3 is 20.4 Å². The van der Waals surface area contributed by atoms with Crippen LogP contribution < -0.4 is 15.6 Å². The molecular formula is C25H23FN4O4. The Hall–Kier alpha value is -4.66. The van der Waals surface area contributed by atoms with Crippen molar-refractivity contribution in [2.75, 3.05) is 19.0 Å². The minimum atomic E-state index is -0.740. The van der Waals surface area contributed by atoms with Crippen LogP contribution in [0.5, 0.6) is 11.5 Å². The minimum absolute atomic E-state index is 0.0409. The number of carbonyl (C=O) groups excluding carboxylic acids is 2. The molecule has 8 nitrogen and oxygen atoms in total. The van der Waals surface area contributed by atoms with Crippen LogP contribution in [-0.2, 0) is 4.79 Å². The largest absolute Gasteiger partial charge is 0.508 e. The van der Waals surface area contributed by atoms with Crippen LogP contribution in [0.1, 0.15) is 21.5 Å². The molecule has 9 heteroatoms. The second-order valence-electron chi connectivity index (χ2n) is 7.45. The van der Waals surface area contributed by atoms with Gasteiger partial charge in [0.05, 0.1) is 6.21 Å². The lowest BCUT2D eigenvalue weighted by molar-refractivity contribution is -0.117. The fraction of sp³-hybridized carbons (Fsp3) is 0.0800. The summed E-state index contributed by atoms with van der Waals surface area (Å²) >= 11 is 0. The number of carbonyl (C=O) groups is 2. The third-order valence-electron chi connectivity index (χ3n) is 4.68. The molecule has 0 heterocycles. The van der Waals surface area contributed by atoms with E-state index in [0.29, 0.717) is 5.56 Å². The first-order valence-corrected chi connectivity index (χ1v) is 10.1. The SMILES string of the molecule is CN(C)c1ccc(/C=C(\NC(=O)c2cccc(F)c2)C(=O)N/N=C\c2ccc(O)cc2O)cc1. The molecule has 0 aliphatic rings. The zero-order valence-electron chi connectivity index (χ0n) is 18.5. The van der Waals surface area contributed by atoms with Crippen LogP contribution in [0.25, 0.3) is 6.08 Å². The van der Waals surface area contributed by atoms with E-state index in [9.17, 15) is 24.2 Å². The maximum atomic E-state index is 13.5. The molecule has 0 aliphatic heterocycles. The molecule has 0 bridgehead atoms. The Bertz CT molecular complexity index is 1250. The molecule has 0 radical (unpaired) electrons. The Labute approximate surface area is 195 Å². The highest BCUT2D eigenvalue weighted by molar-refractivity contribution is 6.05. The molecular weight excluding hydrogens is 439 g/mol. The molecule has 0 fully saturated rings. The summed E-state index contributed by atoms with van der Waals surface area (Å²) in [7, 11) is 3.79. The van der Waals surface area contributed by atoms with Gasteiger partial charge >= 0.3 is 0 Å². The summed E-state index contributed by atoms with van der Waals surface area (Å²) in [4.78, 5) is 27.3. The Balaban J connectivity index is 1.84. The van der Waals surface area contributed by atoms with Crippen LogP contribution in [0.4, 0.5) is 10.1 Å². The van der Waals surface area contributed by atoms with Crippen molar-refractivity contribution >= 4 is 29.8 Å². The van der Waals surface area contributed by atoms with Gasteiger partial charge in [-0.05, 0) is 54.1 Å². The number of phenolic OH excluding ortho intramolecular Hbond substituents is 2. The van der Waals surface area contributed by atoms with Crippen LogP contribution in [0.2, 0.25) is 0 Å². The lowest BCUT2D eigenvalue weighted by atomic mass is 10.1. The molecule has 0 unspecified atom stereocenters. The number of nitrogens with zero attached hydrogens (tertiary/aromatic N) is 2. The number of hydrazone groups is 1. The molecule has 3 aromatic rings. The monoisotopic (exact) mass is 462 g/mol. The van der Waals surface area contributed by atoms with E-state index in [2.05, 4.69) is 15.8 Å². The van der Waals surface area contributed by atoms with E-state index in [1.54, 1.807) is 12.1 Å². The van der Waals surface area contributed by atoms with Crippen molar-refractivity contribution in [2.24, 2.45) is 5.10 Å². The van der Waals surface area contributed by atoms with Gasteiger partial charge in [-0.15, -0.1) is 0 Å². The molecule has 3 rings (SSSR count). The van der Waals surface area contributed by atoms with Gasteiger partial charge in [0.1, 0.15) is 23.0 Å². The number of rotatable bonds is 7. The molecule has 4 N–H and O–H groups in total. The van der Waals surface area contributed by atoms with E-state index >= 15 is 0 Å². The van der Waals surface area contributed by atoms with Crippen molar-refractivity contribution in [1.29, 1.82) is 0 Å². The maximum Gasteiger partial charge on any atom is 0.287 e. The van der Waals surface area contributed by atoms with Crippen LogP contribution in [0.15, 0.2) is 77.5 Å². The third kappa shape index (κ3) is 6.42. The molecule has 0 spiro atoms. The minimum Gasteiger partial charge on any atom is -0.508 e. The Kier molecular flexibility index (Phi) is 7.60. The van der Waals surface area contributed by atoms with Crippen molar-refractivity contribution in [3.8, 4) is 11.5 Å². The predicted molar refractivity (Wildman–Crippen MR) is 128 cm³/mol. The van der Waals surface area contributed by atoms with Crippen LogP contribution in [-0.4, -0.2) is 42.3 Å². The van der Waals surface area contributed by atoms with E-state index < -0.39 is 17.6 Å². The number of halogens is 1. The molecule has 0 saturated heterocycles. The number of amides is 2. The van der Waals surface area contributed by atoms with Gasteiger partial charge in [-0.3, -0.25) is 9.59 Å². The Morgan fingerprint density at radius 3 is 2.38 bits per heavy atom.